The first-order valence-corrected chi connectivity index (χ1v) is 11.5. The predicted molar refractivity (Wildman–Crippen MR) is 123 cm³/mol. The molecular formula is C25H35N3O4. The molecule has 2 saturated heterocycles. The second kappa shape index (κ2) is 10.8. The molecule has 3 atom stereocenters. The van der Waals surface area contributed by atoms with Gasteiger partial charge in [0.15, 0.2) is 0 Å². The summed E-state index contributed by atoms with van der Waals surface area (Å²) in [6, 6.07) is 9.13. The van der Waals surface area contributed by atoms with Gasteiger partial charge in [0.05, 0.1) is 18.6 Å². The average molecular weight is 442 g/mol. The standard InChI is InChI=1S/C25H35N3O4/c1-4-5-13-21(29)28-22(19-11-7-6-8-12-19)20(23(30)26-2)18-25(28)14-9-10-15-27(24(25)31)16-17-32-3/h4,6-8,11-12,20,22H,1,5,9-10,13-18H2,2-3H3,(H,26,30)/t20-,22-,25-/m0/s1. The molecule has 3 rings (SSSR count). The van der Waals surface area contributed by atoms with Gasteiger partial charge in [-0.25, -0.2) is 0 Å². The summed E-state index contributed by atoms with van der Waals surface area (Å²) in [7, 11) is 3.23. The third kappa shape index (κ3) is 4.58. The Morgan fingerprint density at radius 3 is 2.69 bits per heavy atom. The molecule has 0 aliphatic carbocycles. The smallest absolute Gasteiger partial charge is 0.248 e. The summed E-state index contributed by atoms with van der Waals surface area (Å²) in [4.78, 5) is 44.3. The Balaban J connectivity index is 2.13. The molecule has 1 aromatic rings. The second-order valence-corrected chi connectivity index (χ2v) is 8.65. The van der Waals surface area contributed by atoms with Gasteiger partial charge in [-0.1, -0.05) is 36.4 Å². The van der Waals surface area contributed by atoms with Crippen molar-refractivity contribution < 1.29 is 19.1 Å². The van der Waals surface area contributed by atoms with E-state index in [1.807, 2.05) is 35.2 Å². The fourth-order valence-corrected chi connectivity index (χ4v) is 5.26. The molecule has 2 aliphatic rings. The lowest BCUT2D eigenvalue weighted by Crippen LogP contribution is -2.58. The maximum atomic E-state index is 14.0. The Labute approximate surface area is 190 Å². The van der Waals surface area contributed by atoms with Crippen molar-refractivity contribution >= 4 is 17.7 Å². The van der Waals surface area contributed by atoms with E-state index in [1.54, 1.807) is 25.1 Å². The van der Waals surface area contributed by atoms with Crippen LogP contribution in [-0.4, -0.2) is 66.9 Å². The number of methoxy groups -OCH3 is 1. The van der Waals surface area contributed by atoms with Crippen molar-refractivity contribution in [3.63, 3.8) is 0 Å². The highest BCUT2D eigenvalue weighted by Gasteiger charge is 2.60. The van der Waals surface area contributed by atoms with Gasteiger partial charge in [0.2, 0.25) is 17.7 Å². The van der Waals surface area contributed by atoms with Crippen LogP contribution in [-0.2, 0) is 19.1 Å². The second-order valence-electron chi connectivity index (χ2n) is 8.65. The van der Waals surface area contributed by atoms with Gasteiger partial charge in [0, 0.05) is 33.7 Å². The molecule has 0 unspecified atom stereocenters. The number of hydrogen-bond acceptors (Lipinski definition) is 4. The largest absolute Gasteiger partial charge is 0.383 e. The summed E-state index contributed by atoms with van der Waals surface area (Å²) < 4.78 is 5.23. The molecule has 7 heteroatoms. The molecule has 2 fully saturated rings. The molecule has 32 heavy (non-hydrogen) atoms. The van der Waals surface area contributed by atoms with E-state index >= 15 is 0 Å². The number of benzene rings is 1. The van der Waals surface area contributed by atoms with Crippen LogP contribution in [0.25, 0.3) is 0 Å². The highest BCUT2D eigenvalue weighted by molar-refractivity contribution is 5.95. The molecule has 2 heterocycles. The van der Waals surface area contributed by atoms with Crippen molar-refractivity contribution in [1.82, 2.24) is 15.1 Å². The Kier molecular flexibility index (Phi) is 8.07. The summed E-state index contributed by atoms with van der Waals surface area (Å²) in [5.41, 5.74) is -0.148. The van der Waals surface area contributed by atoms with Crippen LogP contribution in [0, 0.1) is 5.92 Å². The van der Waals surface area contributed by atoms with Gasteiger partial charge in [-0.15, -0.1) is 6.58 Å². The van der Waals surface area contributed by atoms with Gasteiger partial charge in [-0.2, -0.15) is 0 Å². The summed E-state index contributed by atoms with van der Waals surface area (Å²) in [6.07, 6.45) is 5.09. The molecule has 1 aromatic carbocycles. The summed E-state index contributed by atoms with van der Waals surface area (Å²) in [5, 5.41) is 2.77. The van der Waals surface area contributed by atoms with Crippen LogP contribution < -0.4 is 5.32 Å². The lowest BCUT2D eigenvalue weighted by atomic mass is 9.85. The van der Waals surface area contributed by atoms with Crippen LogP contribution in [0.5, 0.6) is 0 Å². The molecule has 0 aromatic heterocycles. The lowest BCUT2D eigenvalue weighted by molar-refractivity contribution is -0.153. The van der Waals surface area contributed by atoms with Crippen molar-refractivity contribution in [2.24, 2.45) is 5.92 Å². The first-order valence-electron chi connectivity index (χ1n) is 11.5. The van der Waals surface area contributed by atoms with Gasteiger partial charge >= 0.3 is 0 Å². The zero-order chi connectivity index (χ0) is 23.1. The van der Waals surface area contributed by atoms with Crippen molar-refractivity contribution in [1.29, 1.82) is 0 Å². The Hall–Kier alpha value is -2.67. The molecule has 7 nitrogen and oxygen atoms in total. The SMILES string of the molecule is C=CCCC(=O)N1[C@@H](c2ccccc2)[C@@H](C(=O)NC)C[C@]12CCCCN(CCOC)C2=O. The highest BCUT2D eigenvalue weighted by atomic mass is 16.5. The van der Waals surface area contributed by atoms with E-state index in [0.717, 1.165) is 18.4 Å². The number of allylic oxidation sites excluding steroid dienone is 1. The van der Waals surface area contributed by atoms with E-state index < -0.39 is 17.5 Å². The van der Waals surface area contributed by atoms with Crippen LogP contribution in [0.4, 0.5) is 0 Å². The van der Waals surface area contributed by atoms with Crippen LogP contribution in [0.2, 0.25) is 0 Å². The van der Waals surface area contributed by atoms with E-state index in [0.29, 0.717) is 39.0 Å². The summed E-state index contributed by atoms with van der Waals surface area (Å²) in [5.74, 6) is -0.808. The molecule has 2 aliphatic heterocycles. The van der Waals surface area contributed by atoms with E-state index in [-0.39, 0.29) is 24.1 Å². The molecule has 0 saturated carbocycles. The normalized spacial score (nSPS) is 25.6. The molecule has 1 spiro atoms. The first kappa shape index (κ1) is 24.0. The number of carbonyl (C=O) groups is 3. The van der Waals surface area contributed by atoms with Gasteiger partial charge in [0.25, 0.3) is 0 Å². The minimum atomic E-state index is -1.03. The molecule has 0 radical (unpaired) electrons. The maximum absolute atomic E-state index is 14.0. The number of rotatable bonds is 8. The zero-order valence-electron chi connectivity index (χ0n) is 19.2. The van der Waals surface area contributed by atoms with Crippen molar-refractivity contribution in [3.8, 4) is 0 Å². The van der Waals surface area contributed by atoms with Crippen molar-refractivity contribution in [2.45, 2.75) is 50.1 Å². The number of hydrogen-bond donors (Lipinski definition) is 1. The topological polar surface area (TPSA) is 79.0 Å². The van der Waals surface area contributed by atoms with Crippen LogP contribution in [0.3, 0.4) is 0 Å². The summed E-state index contributed by atoms with van der Waals surface area (Å²) >= 11 is 0. The van der Waals surface area contributed by atoms with E-state index in [1.165, 1.54) is 0 Å². The number of amides is 3. The van der Waals surface area contributed by atoms with Crippen LogP contribution in [0.1, 0.15) is 50.1 Å². The van der Waals surface area contributed by atoms with E-state index in [9.17, 15) is 14.4 Å². The molecule has 3 amide bonds. The molecule has 1 N–H and O–H groups in total. The lowest BCUT2D eigenvalue weighted by Gasteiger charge is -2.41. The molecular weight excluding hydrogens is 406 g/mol. The third-order valence-electron chi connectivity index (χ3n) is 6.75. The van der Waals surface area contributed by atoms with Gasteiger partial charge in [0.1, 0.15) is 5.54 Å². The third-order valence-corrected chi connectivity index (χ3v) is 6.75. The monoisotopic (exact) mass is 441 g/mol. The minimum absolute atomic E-state index is 0.0636. The van der Waals surface area contributed by atoms with Crippen molar-refractivity contribution in [2.75, 3.05) is 33.9 Å². The zero-order valence-corrected chi connectivity index (χ0v) is 19.2. The van der Waals surface area contributed by atoms with Gasteiger partial charge in [-0.05, 0) is 37.7 Å². The minimum Gasteiger partial charge on any atom is -0.383 e. The quantitative estimate of drug-likeness (QED) is 0.629. The fourth-order valence-electron chi connectivity index (χ4n) is 5.26. The number of nitrogens with one attached hydrogen (secondary N) is 1. The van der Waals surface area contributed by atoms with E-state index in [2.05, 4.69) is 11.9 Å². The summed E-state index contributed by atoms with van der Waals surface area (Å²) in [6.45, 7) is 5.30. The number of ether oxygens (including phenoxy) is 1. The van der Waals surface area contributed by atoms with Crippen LogP contribution in [0.15, 0.2) is 43.0 Å². The highest BCUT2D eigenvalue weighted by Crippen LogP contribution is 2.51. The first-order chi connectivity index (χ1) is 15.5. The number of likely N-dealkylation sites (tertiary alicyclic amines) is 2. The Bertz CT molecular complexity index is 828. The van der Waals surface area contributed by atoms with Gasteiger partial charge < -0.3 is 19.9 Å². The van der Waals surface area contributed by atoms with Gasteiger partial charge in [-0.3, -0.25) is 14.4 Å². The van der Waals surface area contributed by atoms with Crippen molar-refractivity contribution in [3.05, 3.63) is 48.6 Å². The average Bonchev–Trinajstić information content (AvgIpc) is 3.09. The Morgan fingerprint density at radius 1 is 1.28 bits per heavy atom. The Morgan fingerprint density at radius 2 is 2.03 bits per heavy atom. The van der Waals surface area contributed by atoms with E-state index in [4.69, 9.17) is 4.74 Å². The molecule has 174 valence electrons. The van der Waals surface area contributed by atoms with Crippen LogP contribution >= 0.6 is 0 Å². The maximum Gasteiger partial charge on any atom is 0.248 e. The number of carbonyl (C=O) groups excluding carboxylic acids is 3. The fraction of sp³-hybridized carbons (Fsp3) is 0.560. The predicted octanol–water partition coefficient (Wildman–Crippen LogP) is 2.69. The molecule has 0 bridgehead atoms. The number of nitrogens with zero attached hydrogens (tertiary/aromatic N) is 2.